The molecule has 1 saturated carbocycles. The van der Waals surface area contributed by atoms with Crippen molar-refractivity contribution in [1.29, 1.82) is 0 Å². The highest BCUT2D eigenvalue weighted by Gasteiger charge is 2.22. The second-order valence-corrected chi connectivity index (χ2v) is 4.84. The van der Waals surface area contributed by atoms with Gasteiger partial charge in [-0.25, -0.2) is 4.98 Å². The van der Waals surface area contributed by atoms with Gasteiger partial charge in [-0.2, -0.15) is 4.98 Å². The smallest absolute Gasteiger partial charge is 0.329 e. The van der Waals surface area contributed by atoms with Crippen LogP contribution >= 0.6 is 11.6 Å². The van der Waals surface area contributed by atoms with E-state index in [1.807, 2.05) is 0 Å². The summed E-state index contributed by atoms with van der Waals surface area (Å²) >= 11 is 5.60. The van der Waals surface area contributed by atoms with E-state index in [0.717, 1.165) is 19.0 Å². The van der Waals surface area contributed by atoms with Crippen LogP contribution in [-0.4, -0.2) is 33.4 Å². The first-order chi connectivity index (χ1) is 9.56. The molecule has 9 heteroatoms. The summed E-state index contributed by atoms with van der Waals surface area (Å²) in [6.45, 7) is 0.395. The fourth-order valence-electron chi connectivity index (χ4n) is 1.60. The summed E-state index contributed by atoms with van der Waals surface area (Å²) in [5, 5.41) is 16.4. The molecule has 1 aromatic rings. The van der Waals surface area contributed by atoms with Crippen LogP contribution < -0.4 is 10.6 Å². The normalized spacial score (nSPS) is 13.8. The number of nitrogens with one attached hydrogen (secondary N) is 2. The highest BCUT2D eigenvalue weighted by Crippen LogP contribution is 2.22. The zero-order valence-electron chi connectivity index (χ0n) is 10.6. The van der Waals surface area contributed by atoms with Crippen molar-refractivity contribution in [2.24, 2.45) is 0 Å². The van der Waals surface area contributed by atoms with Gasteiger partial charge in [0.1, 0.15) is 6.20 Å². The van der Waals surface area contributed by atoms with E-state index in [9.17, 15) is 14.9 Å². The van der Waals surface area contributed by atoms with Crippen LogP contribution in [0, 0.1) is 10.1 Å². The summed E-state index contributed by atoms with van der Waals surface area (Å²) in [7, 11) is 0. The van der Waals surface area contributed by atoms with Gasteiger partial charge in [0.05, 0.1) is 4.92 Å². The van der Waals surface area contributed by atoms with Crippen LogP contribution in [0.3, 0.4) is 0 Å². The molecule has 0 saturated heterocycles. The minimum atomic E-state index is -0.585. The van der Waals surface area contributed by atoms with Gasteiger partial charge in [-0.1, -0.05) is 0 Å². The van der Waals surface area contributed by atoms with Crippen LogP contribution in [0.5, 0.6) is 0 Å². The summed E-state index contributed by atoms with van der Waals surface area (Å²) in [5.41, 5.74) is -0.239. The molecule has 1 aromatic heterocycles. The predicted octanol–water partition coefficient (Wildman–Crippen LogP) is 1.51. The third kappa shape index (κ3) is 4.30. The Morgan fingerprint density at radius 2 is 2.30 bits per heavy atom. The average molecular weight is 300 g/mol. The van der Waals surface area contributed by atoms with Crippen LogP contribution in [0.15, 0.2) is 6.20 Å². The van der Waals surface area contributed by atoms with Crippen LogP contribution in [0.1, 0.15) is 25.7 Å². The largest absolute Gasteiger partial charge is 0.364 e. The van der Waals surface area contributed by atoms with Crippen molar-refractivity contribution >= 4 is 29.0 Å². The molecule has 1 aliphatic rings. The average Bonchev–Trinajstić information content (AvgIpc) is 3.18. The molecule has 0 atom stereocenters. The molecule has 0 aromatic carbocycles. The number of amides is 1. The van der Waals surface area contributed by atoms with Crippen molar-refractivity contribution in [2.75, 3.05) is 11.9 Å². The van der Waals surface area contributed by atoms with Crippen LogP contribution in [-0.2, 0) is 4.79 Å². The number of halogens is 1. The number of aromatic nitrogens is 2. The standard InChI is InChI=1S/C11H14ClN5O3/c12-11-14-6-8(17(19)20)10(16-11)13-5-1-2-9(18)15-7-3-4-7/h6-7H,1-5H2,(H,15,18)(H,13,14,16). The van der Waals surface area contributed by atoms with Crippen molar-refractivity contribution in [3.05, 3.63) is 21.6 Å². The lowest BCUT2D eigenvalue weighted by Crippen LogP contribution is -2.25. The van der Waals surface area contributed by atoms with E-state index in [1.54, 1.807) is 0 Å². The topological polar surface area (TPSA) is 110 Å². The summed E-state index contributed by atoms with van der Waals surface area (Å²) in [6.07, 6.45) is 4.08. The first-order valence-electron chi connectivity index (χ1n) is 6.26. The Morgan fingerprint density at radius 3 is 2.95 bits per heavy atom. The molecule has 1 heterocycles. The summed E-state index contributed by atoms with van der Waals surface area (Å²) in [5.74, 6) is 0.0714. The molecule has 2 N–H and O–H groups in total. The Balaban J connectivity index is 1.79. The fraction of sp³-hybridized carbons (Fsp3) is 0.545. The third-order valence-corrected chi connectivity index (χ3v) is 2.93. The maximum Gasteiger partial charge on any atom is 0.329 e. The molecular formula is C11H14ClN5O3. The molecule has 108 valence electrons. The molecular weight excluding hydrogens is 286 g/mol. The van der Waals surface area contributed by atoms with Crippen molar-refractivity contribution in [1.82, 2.24) is 15.3 Å². The SMILES string of the molecule is O=C(CCCNc1nc(Cl)ncc1[N+](=O)[O-])NC1CC1. The molecule has 1 fully saturated rings. The van der Waals surface area contributed by atoms with E-state index in [-0.39, 0.29) is 22.7 Å². The van der Waals surface area contributed by atoms with Gasteiger partial charge < -0.3 is 10.6 Å². The maximum absolute atomic E-state index is 11.4. The Kier molecular flexibility index (Phi) is 4.67. The van der Waals surface area contributed by atoms with E-state index in [4.69, 9.17) is 11.6 Å². The molecule has 1 amide bonds. The van der Waals surface area contributed by atoms with E-state index in [2.05, 4.69) is 20.6 Å². The van der Waals surface area contributed by atoms with Gasteiger partial charge in [0.2, 0.25) is 17.0 Å². The Bertz CT molecular complexity index is 521. The van der Waals surface area contributed by atoms with E-state index >= 15 is 0 Å². The number of carbonyl (C=O) groups is 1. The molecule has 0 unspecified atom stereocenters. The van der Waals surface area contributed by atoms with Crippen LogP contribution in [0.2, 0.25) is 5.28 Å². The van der Waals surface area contributed by atoms with E-state index < -0.39 is 4.92 Å². The van der Waals surface area contributed by atoms with Gasteiger partial charge in [0.25, 0.3) is 0 Å². The van der Waals surface area contributed by atoms with Gasteiger partial charge in [-0.15, -0.1) is 0 Å². The fourth-order valence-corrected chi connectivity index (χ4v) is 1.73. The molecule has 0 bridgehead atoms. The van der Waals surface area contributed by atoms with Crippen molar-refractivity contribution in [3.8, 4) is 0 Å². The maximum atomic E-state index is 11.4. The second kappa shape index (κ2) is 6.47. The third-order valence-electron chi connectivity index (χ3n) is 2.75. The quantitative estimate of drug-likeness (QED) is 0.342. The number of nitro groups is 1. The van der Waals surface area contributed by atoms with Crippen molar-refractivity contribution in [2.45, 2.75) is 31.7 Å². The van der Waals surface area contributed by atoms with Gasteiger partial charge in [0, 0.05) is 19.0 Å². The number of hydrogen-bond donors (Lipinski definition) is 2. The van der Waals surface area contributed by atoms with Crippen LogP contribution in [0.25, 0.3) is 0 Å². The number of anilines is 1. The van der Waals surface area contributed by atoms with E-state index in [1.165, 1.54) is 0 Å². The molecule has 1 aliphatic carbocycles. The number of rotatable bonds is 7. The number of carbonyl (C=O) groups excluding carboxylic acids is 1. The summed E-state index contributed by atoms with van der Waals surface area (Å²) in [4.78, 5) is 29.0. The zero-order valence-corrected chi connectivity index (χ0v) is 11.4. The van der Waals surface area contributed by atoms with Crippen molar-refractivity contribution in [3.63, 3.8) is 0 Å². The summed E-state index contributed by atoms with van der Waals surface area (Å²) in [6, 6.07) is 0.345. The molecule has 0 radical (unpaired) electrons. The molecule has 8 nitrogen and oxygen atoms in total. The van der Waals surface area contributed by atoms with Crippen LogP contribution in [0.4, 0.5) is 11.5 Å². The first kappa shape index (κ1) is 14.4. The number of nitrogens with zero attached hydrogens (tertiary/aromatic N) is 3. The Morgan fingerprint density at radius 1 is 1.55 bits per heavy atom. The molecule has 0 spiro atoms. The lowest BCUT2D eigenvalue weighted by molar-refractivity contribution is -0.384. The lowest BCUT2D eigenvalue weighted by atomic mass is 10.3. The molecule has 0 aliphatic heterocycles. The molecule has 2 rings (SSSR count). The van der Waals surface area contributed by atoms with E-state index in [0.29, 0.717) is 25.4 Å². The number of hydrogen-bond acceptors (Lipinski definition) is 6. The minimum absolute atomic E-state index is 0.00418. The van der Waals surface area contributed by atoms with Gasteiger partial charge in [0.15, 0.2) is 0 Å². The van der Waals surface area contributed by atoms with Gasteiger partial charge in [-0.3, -0.25) is 14.9 Å². The predicted molar refractivity (Wildman–Crippen MR) is 72.6 cm³/mol. The van der Waals surface area contributed by atoms with Gasteiger partial charge in [-0.05, 0) is 30.9 Å². The Labute approximate surface area is 120 Å². The second-order valence-electron chi connectivity index (χ2n) is 4.50. The van der Waals surface area contributed by atoms with Gasteiger partial charge >= 0.3 is 5.69 Å². The summed E-state index contributed by atoms with van der Waals surface area (Å²) < 4.78 is 0. The molecule has 20 heavy (non-hydrogen) atoms. The highest BCUT2D eigenvalue weighted by atomic mass is 35.5. The minimum Gasteiger partial charge on any atom is -0.364 e. The monoisotopic (exact) mass is 299 g/mol. The first-order valence-corrected chi connectivity index (χ1v) is 6.64. The Hall–Kier alpha value is -1.96. The lowest BCUT2D eigenvalue weighted by Gasteiger charge is -2.06. The highest BCUT2D eigenvalue weighted by molar-refractivity contribution is 6.28. The zero-order chi connectivity index (χ0) is 14.5. The van der Waals surface area contributed by atoms with Crippen molar-refractivity contribution < 1.29 is 9.72 Å².